The van der Waals surface area contributed by atoms with Crippen molar-refractivity contribution in [2.75, 3.05) is 6.61 Å². The van der Waals surface area contributed by atoms with Crippen molar-refractivity contribution >= 4 is 5.57 Å². The van der Waals surface area contributed by atoms with Crippen LogP contribution in [-0.4, -0.2) is 11.7 Å². The normalized spacial score (nSPS) is 18.4. The van der Waals surface area contributed by atoms with E-state index in [1.807, 2.05) is 0 Å². The van der Waals surface area contributed by atoms with Crippen LogP contribution in [0.3, 0.4) is 0 Å². The largest absolute Gasteiger partial charge is 0.396 e. The third-order valence-corrected chi connectivity index (χ3v) is 6.81. The quantitative estimate of drug-likeness (QED) is 0.476. The molecule has 1 atom stereocenters. The Balaban J connectivity index is 1.30. The van der Waals surface area contributed by atoms with Gasteiger partial charge < -0.3 is 5.11 Å². The van der Waals surface area contributed by atoms with E-state index in [9.17, 15) is 5.11 Å². The Labute approximate surface area is 172 Å². The first kappa shape index (κ1) is 17.0. The minimum atomic E-state index is 0.217. The van der Waals surface area contributed by atoms with Crippen molar-refractivity contribution in [3.63, 3.8) is 0 Å². The van der Waals surface area contributed by atoms with Gasteiger partial charge in [0.25, 0.3) is 0 Å². The van der Waals surface area contributed by atoms with Crippen LogP contribution in [0, 0.1) is 0 Å². The number of aliphatic hydroxyl groups excluding tert-OH is 1. The van der Waals surface area contributed by atoms with E-state index in [2.05, 4.69) is 72.8 Å². The van der Waals surface area contributed by atoms with Gasteiger partial charge in [0.2, 0.25) is 0 Å². The summed E-state index contributed by atoms with van der Waals surface area (Å²) in [5.41, 5.74) is 14.1. The number of fused-ring (bicyclic) bond motifs is 6. The van der Waals surface area contributed by atoms with Crippen molar-refractivity contribution in [2.45, 2.75) is 31.6 Å². The molecule has 1 N–H and O–H groups in total. The smallest absolute Gasteiger partial charge is 0.0471 e. The monoisotopic (exact) mass is 376 g/mol. The van der Waals surface area contributed by atoms with E-state index in [4.69, 9.17) is 0 Å². The van der Waals surface area contributed by atoms with Crippen LogP contribution < -0.4 is 0 Å². The third kappa shape index (κ3) is 2.73. The van der Waals surface area contributed by atoms with Gasteiger partial charge in [0, 0.05) is 12.5 Å². The summed E-state index contributed by atoms with van der Waals surface area (Å²) in [6.45, 7) is 0.217. The molecule has 0 radical (unpaired) electrons. The van der Waals surface area contributed by atoms with E-state index >= 15 is 0 Å². The SMILES string of the molecule is OCCc1ccc2c(c1)CC1=CC(c3ccc4c(c3)Cc3ccccc3-4)CC=C12. The number of hydrogen-bond acceptors (Lipinski definition) is 1. The van der Waals surface area contributed by atoms with Gasteiger partial charge >= 0.3 is 0 Å². The Bertz CT molecular complexity index is 1190. The molecule has 0 aliphatic heterocycles. The molecule has 0 fully saturated rings. The summed E-state index contributed by atoms with van der Waals surface area (Å²) >= 11 is 0. The molecular weight excluding hydrogens is 352 g/mol. The van der Waals surface area contributed by atoms with Crippen LogP contribution >= 0.6 is 0 Å². The molecule has 3 aromatic carbocycles. The second kappa shape index (κ2) is 6.57. The maximum absolute atomic E-state index is 9.24. The lowest BCUT2D eigenvalue weighted by Gasteiger charge is -2.19. The Kier molecular flexibility index (Phi) is 3.85. The van der Waals surface area contributed by atoms with Crippen molar-refractivity contribution in [1.29, 1.82) is 0 Å². The minimum Gasteiger partial charge on any atom is -0.396 e. The van der Waals surface area contributed by atoms with Crippen molar-refractivity contribution in [2.24, 2.45) is 0 Å². The Hall–Kier alpha value is -2.90. The molecular formula is C28H24O. The zero-order chi connectivity index (χ0) is 19.4. The van der Waals surface area contributed by atoms with Gasteiger partial charge in [0.15, 0.2) is 0 Å². The highest BCUT2D eigenvalue weighted by Gasteiger charge is 2.27. The van der Waals surface area contributed by atoms with Gasteiger partial charge in [-0.2, -0.15) is 0 Å². The molecule has 3 aliphatic carbocycles. The Morgan fingerprint density at radius 3 is 2.55 bits per heavy atom. The molecule has 3 aliphatic rings. The molecule has 0 heterocycles. The van der Waals surface area contributed by atoms with Gasteiger partial charge in [0.1, 0.15) is 0 Å². The molecule has 0 bridgehead atoms. The van der Waals surface area contributed by atoms with E-state index < -0.39 is 0 Å². The first-order chi connectivity index (χ1) is 14.3. The van der Waals surface area contributed by atoms with Crippen molar-refractivity contribution < 1.29 is 5.11 Å². The Morgan fingerprint density at radius 2 is 1.62 bits per heavy atom. The second-order valence-electron chi connectivity index (χ2n) is 8.54. The van der Waals surface area contributed by atoms with E-state index in [0.717, 1.165) is 25.7 Å². The molecule has 6 rings (SSSR count). The van der Waals surface area contributed by atoms with E-state index in [1.165, 1.54) is 55.7 Å². The van der Waals surface area contributed by atoms with Crippen LogP contribution in [0.25, 0.3) is 16.7 Å². The first-order valence-corrected chi connectivity index (χ1v) is 10.7. The van der Waals surface area contributed by atoms with E-state index in [0.29, 0.717) is 5.92 Å². The van der Waals surface area contributed by atoms with E-state index in [-0.39, 0.29) is 6.61 Å². The van der Waals surface area contributed by atoms with Gasteiger partial charge in [-0.05, 0) is 81.3 Å². The zero-order valence-electron chi connectivity index (χ0n) is 16.5. The molecule has 1 heteroatoms. The average molecular weight is 376 g/mol. The third-order valence-electron chi connectivity index (χ3n) is 6.81. The number of benzene rings is 3. The maximum Gasteiger partial charge on any atom is 0.0471 e. The highest BCUT2D eigenvalue weighted by molar-refractivity contribution is 5.87. The topological polar surface area (TPSA) is 20.2 Å². The molecule has 1 nitrogen and oxygen atoms in total. The van der Waals surface area contributed by atoms with Crippen LogP contribution in [0.4, 0.5) is 0 Å². The van der Waals surface area contributed by atoms with Crippen LogP contribution in [0.1, 0.15) is 45.7 Å². The predicted molar refractivity (Wildman–Crippen MR) is 119 cm³/mol. The summed E-state index contributed by atoms with van der Waals surface area (Å²) in [4.78, 5) is 0. The number of rotatable bonds is 3. The molecule has 0 saturated carbocycles. The van der Waals surface area contributed by atoms with Gasteiger partial charge in [-0.3, -0.25) is 0 Å². The lowest BCUT2D eigenvalue weighted by molar-refractivity contribution is 0.299. The summed E-state index contributed by atoms with van der Waals surface area (Å²) < 4.78 is 0. The molecule has 142 valence electrons. The first-order valence-electron chi connectivity index (χ1n) is 10.7. The molecule has 3 aromatic rings. The Morgan fingerprint density at radius 1 is 0.793 bits per heavy atom. The minimum absolute atomic E-state index is 0.217. The van der Waals surface area contributed by atoms with Gasteiger partial charge in [-0.15, -0.1) is 0 Å². The fourth-order valence-electron chi connectivity index (χ4n) is 5.39. The van der Waals surface area contributed by atoms with Crippen molar-refractivity contribution in [3.8, 4) is 11.1 Å². The standard InChI is InChI=1S/C28H24O/c29-12-11-18-5-8-26-22(13-18)17-24-15-20(7-10-28(24)26)19-6-9-27-23(14-19)16-21-3-1-2-4-25(21)27/h1-6,8-10,13-15,20,29H,7,11-12,16-17H2. The molecule has 1 unspecified atom stereocenters. The second-order valence-corrected chi connectivity index (χ2v) is 8.54. The highest BCUT2D eigenvalue weighted by Crippen LogP contribution is 2.44. The fraction of sp³-hybridized carbons (Fsp3) is 0.214. The van der Waals surface area contributed by atoms with Gasteiger partial charge in [-0.25, -0.2) is 0 Å². The summed E-state index contributed by atoms with van der Waals surface area (Å²) in [7, 11) is 0. The predicted octanol–water partition coefficient (Wildman–Crippen LogP) is 5.85. The summed E-state index contributed by atoms with van der Waals surface area (Å²) in [5, 5.41) is 9.24. The van der Waals surface area contributed by atoms with Crippen LogP contribution in [0.15, 0.2) is 78.4 Å². The molecule has 0 saturated heterocycles. The van der Waals surface area contributed by atoms with E-state index in [1.54, 1.807) is 0 Å². The van der Waals surface area contributed by atoms with Gasteiger partial charge in [-0.1, -0.05) is 72.8 Å². The van der Waals surface area contributed by atoms with Crippen molar-refractivity contribution in [3.05, 3.63) is 112 Å². The van der Waals surface area contributed by atoms with Crippen molar-refractivity contribution in [1.82, 2.24) is 0 Å². The summed E-state index contributed by atoms with van der Waals surface area (Å²) in [6.07, 6.45) is 8.84. The fourth-order valence-corrected chi connectivity index (χ4v) is 5.39. The molecule has 0 amide bonds. The summed E-state index contributed by atoms with van der Waals surface area (Å²) in [5.74, 6) is 0.467. The lowest BCUT2D eigenvalue weighted by atomic mass is 9.85. The van der Waals surface area contributed by atoms with Crippen LogP contribution in [0.2, 0.25) is 0 Å². The number of allylic oxidation sites excluding steroid dienone is 4. The highest BCUT2D eigenvalue weighted by atomic mass is 16.2. The number of hydrogen-bond donors (Lipinski definition) is 1. The molecule has 0 aromatic heterocycles. The summed E-state index contributed by atoms with van der Waals surface area (Å²) in [6, 6.07) is 22.6. The van der Waals surface area contributed by atoms with Gasteiger partial charge in [0.05, 0.1) is 0 Å². The zero-order valence-corrected chi connectivity index (χ0v) is 16.5. The average Bonchev–Trinajstić information content (AvgIpc) is 3.30. The molecule has 0 spiro atoms. The molecule has 29 heavy (non-hydrogen) atoms. The maximum atomic E-state index is 9.24. The van der Waals surface area contributed by atoms with Crippen LogP contribution in [0.5, 0.6) is 0 Å². The lowest BCUT2D eigenvalue weighted by Crippen LogP contribution is -2.02. The van der Waals surface area contributed by atoms with Crippen LogP contribution in [-0.2, 0) is 19.3 Å². The number of aliphatic hydroxyl groups is 1.